The van der Waals surface area contributed by atoms with Gasteiger partial charge in [0, 0.05) is 18.2 Å². The second-order valence-electron chi connectivity index (χ2n) is 5.50. The average Bonchev–Trinajstić information content (AvgIpc) is 3.14. The van der Waals surface area contributed by atoms with Gasteiger partial charge < -0.3 is 5.73 Å². The molecule has 0 radical (unpaired) electrons. The molecule has 2 N–H and O–H groups in total. The summed E-state index contributed by atoms with van der Waals surface area (Å²) in [5.74, 6) is 0.909. The molecule has 98 valence electrons. The summed E-state index contributed by atoms with van der Waals surface area (Å²) < 4.78 is 0. The first-order valence-electron chi connectivity index (χ1n) is 6.58. The maximum Gasteiger partial charge on any atom is 0.103 e. The van der Waals surface area contributed by atoms with E-state index in [9.17, 15) is 0 Å². The Kier molecular flexibility index (Phi) is 4.03. The predicted octanol–water partition coefficient (Wildman–Crippen LogP) is 2.86. The molecule has 0 saturated heterocycles. The van der Waals surface area contributed by atoms with E-state index in [4.69, 9.17) is 18.0 Å². The summed E-state index contributed by atoms with van der Waals surface area (Å²) in [7, 11) is 2.21. The zero-order chi connectivity index (χ0) is 13.3. The van der Waals surface area contributed by atoms with Crippen molar-refractivity contribution in [2.75, 3.05) is 7.05 Å². The highest BCUT2D eigenvalue weighted by Gasteiger charge is 2.30. The van der Waals surface area contributed by atoms with E-state index < -0.39 is 0 Å². The van der Waals surface area contributed by atoms with E-state index in [-0.39, 0.29) is 0 Å². The van der Waals surface area contributed by atoms with Gasteiger partial charge in [0.25, 0.3) is 0 Å². The first kappa shape index (κ1) is 13.5. The highest BCUT2D eigenvalue weighted by molar-refractivity contribution is 7.80. The van der Waals surface area contributed by atoms with Crippen LogP contribution in [0.2, 0.25) is 0 Å². The van der Waals surface area contributed by atoms with Gasteiger partial charge in [0.1, 0.15) is 4.99 Å². The molecule has 0 aliphatic heterocycles. The van der Waals surface area contributed by atoms with Crippen LogP contribution in [-0.2, 0) is 6.54 Å². The molecule has 1 aromatic carbocycles. The first-order chi connectivity index (χ1) is 8.49. The zero-order valence-electron chi connectivity index (χ0n) is 11.4. The van der Waals surface area contributed by atoms with Gasteiger partial charge in [0.15, 0.2) is 0 Å². The highest BCUT2D eigenvalue weighted by Crippen LogP contribution is 2.35. The van der Waals surface area contributed by atoms with Crippen LogP contribution in [0.25, 0.3) is 0 Å². The molecule has 1 fully saturated rings. The fourth-order valence-corrected chi connectivity index (χ4v) is 2.50. The van der Waals surface area contributed by atoms with Gasteiger partial charge in [-0.3, -0.25) is 4.90 Å². The maximum absolute atomic E-state index is 5.65. The Bertz CT molecular complexity index is 452. The summed E-state index contributed by atoms with van der Waals surface area (Å²) in [5.41, 5.74) is 9.25. The Balaban J connectivity index is 2.06. The number of thiocarbonyl (C=S) groups is 1. The number of hydrogen-bond donors (Lipinski definition) is 1. The molecule has 1 saturated carbocycles. The summed E-state index contributed by atoms with van der Waals surface area (Å²) in [4.78, 5) is 2.92. The van der Waals surface area contributed by atoms with Crippen molar-refractivity contribution in [2.45, 2.75) is 39.3 Å². The maximum atomic E-state index is 5.65. The van der Waals surface area contributed by atoms with Crippen LogP contribution in [0.3, 0.4) is 0 Å². The lowest BCUT2D eigenvalue weighted by Crippen LogP contribution is -2.30. The van der Waals surface area contributed by atoms with Gasteiger partial charge >= 0.3 is 0 Å². The van der Waals surface area contributed by atoms with Crippen LogP contribution in [0.4, 0.5) is 0 Å². The van der Waals surface area contributed by atoms with E-state index in [1.165, 1.54) is 24.0 Å². The summed E-state index contributed by atoms with van der Waals surface area (Å²) in [6, 6.07) is 6.95. The van der Waals surface area contributed by atoms with Crippen molar-refractivity contribution in [3.8, 4) is 0 Å². The van der Waals surface area contributed by atoms with Gasteiger partial charge in [-0.15, -0.1) is 0 Å². The minimum absolute atomic E-state index is 0.476. The summed E-state index contributed by atoms with van der Waals surface area (Å²) >= 11 is 5.00. The molecule has 1 atom stereocenters. The van der Waals surface area contributed by atoms with Gasteiger partial charge in [-0.2, -0.15) is 0 Å². The van der Waals surface area contributed by atoms with E-state index in [0.717, 1.165) is 18.0 Å². The lowest BCUT2D eigenvalue weighted by Gasteiger charge is -2.25. The Labute approximate surface area is 115 Å². The molecule has 1 aromatic rings. The van der Waals surface area contributed by atoms with Crippen molar-refractivity contribution < 1.29 is 0 Å². The summed E-state index contributed by atoms with van der Waals surface area (Å²) in [6.07, 6.45) is 2.79. The third-order valence-electron chi connectivity index (χ3n) is 4.05. The number of rotatable bonds is 5. The van der Waals surface area contributed by atoms with Gasteiger partial charge in [-0.25, -0.2) is 0 Å². The number of nitrogens with two attached hydrogens (primary N) is 1. The Morgan fingerprint density at radius 3 is 2.67 bits per heavy atom. The Morgan fingerprint density at radius 1 is 1.50 bits per heavy atom. The minimum atomic E-state index is 0.476. The molecule has 0 spiro atoms. The molecule has 1 aliphatic carbocycles. The number of aryl methyl sites for hydroxylation is 1. The second-order valence-corrected chi connectivity index (χ2v) is 5.94. The Hall–Kier alpha value is -0.930. The topological polar surface area (TPSA) is 29.3 Å². The van der Waals surface area contributed by atoms with Gasteiger partial charge in [-0.05, 0) is 56.8 Å². The van der Waals surface area contributed by atoms with E-state index in [0.29, 0.717) is 11.0 Å². The number of benzene rings is 1. The second kappa shape index (κ2) is 5.37. The number of nitrogens with zero attached hydrogens (tertiary/aromatic N) is 1. The van der Waals surface area contributed by atoms with Crippen LogP contribution in [0.15, 0.2) is 18.2 Å². The highest BCUT2D eigenvalue weighted by atomic mass is 32.1. The lowest BCUT2D eigenvalue weighted by molar-refractivity contribution is 0.226. The molecule has 0 heterocycles. The third kappa shape index (κ3) is 3.09. The largest absolute Gasteiger partial charge is 0.389 e. The minimum Gasteiger partial charge on any atom is -0.389 e. The number of hydrogen-bond acceptors (Lipinski definition) is 2. The van der Waals surface area contributed by atoms with Crippen LogP contribution in [0.5, 0.6) is 0 Å². The monoisotopic (exact) mass is 262 g/mol. The smallest absolute Gasteiger partial charge is 0.103 e. The van der Waals surface area contributed by atoms with E-state index in [2.05, 4.69) is 37.9 Å². The molecule has 1 unspecified atom stereocenters. The lowest BCUT2D eigenvalue weighted by atomic mass is 10.0. The van der Waals surface area contributed by atoms with Gasteiger partial charge in [0.05, 0.1) is 0 Å². The molecule has 0 aromatic heterocycles. The predicted molar refractivity (Wildman–Crippen MR) is 80.7 cm³/mol. The van der Waals surface area contributed by atoms with Gasteiger partial charge in [-0.1, -0.05) is 24.4 Å². The van der Waals surface area contributed by atoms with E-state index in [1.807, 2.05) is 6.07 Å². The SMILES string of the molecule is Cc1cc(C(N)=S)ccc1CN(C)C(C)C1CC1. The standard InChI is InChI=1S/C15H22N2S/c1-10-8-13(15(16)18)6-7-14(10)9-17(3)11(2)12-4-5-12/h6-8,11-12H,4-5,9H2,1-3H3,(H2,16,18). The molecule has 0 bridgehead atoms. The van der Waals surface area contributed by atoms with Crippen molar-refractivity contribution in [1.82, 2.24) is 4.90 Å². The molecular formula is C15H22N2S. The molecule has 2 nitrogen and oxygen atoms in total. The van der Waals surface area contributed by atoms with Crippen molar-refractivity contribution in [2.24, 2.45) is 11.7 Å². The molecule has 1 aliphatic rings. The van der Waals surface area contributed by atoms with Crippen LogP contribution < -0.4 is 5.73 Å². The van der Waals surface area contributed by atoms with E-state index in [1.54, 1.807) is 0 Å². The fourth-order valence-electron chi connectivity index (χ4n) is 2.38. The van der Waals surface area contributed by atoms with Crippen molar-refractivity contribution >= 4 is 17.2 Å². The van der Waals surface area contributed by atoms with Crippen molar-refractivity contribution in [1.29, 1.82) is 0 Å². The quantitative estimate of drug-likeness (QED) is 0.827. The summed E-state index contributed by atoms with van der Waals surface area (Å²) in [6.45, 7) is 5.46. The third-order valence-corrected chi connectivity index (χ3v) is 4.28. The van der Waals surface area contributed by atoms with E-state index >= 15 is 0 Å². The average molecular weight is 262 g/mol. The molecule has 0 amide bonds. The zero-order valence-corrected chi connectivity index (χ0v) is 12.3. The summed E-state index contributed by atoms with van der Waals surface area (Å²) in [5, 5.41) is 0. The molecular weight excluding hydrogens is 240 g/mol. The van der Waals surface area contributed by atoms with Crippen LogP contribution in [0, 0.1) is 12.8 Å². The van der Waals surface area contributed by atoms with Crippen molar-refractivity contribution in [3.05, 3.63) is 34.9 Å². The first-order valence-corrected chi connectivity index (χ1v) is 6.99. The molecule has 18 heavy (non-hydrogen) atoms. The molecule has 3 heteroatoms. The fraction of sp³-hybridized carbons (Fsp3) is 0.533. The normalized spacial score (nSPS) is 16.9. The van der Waals surface area contributed by atoms with Gasteiger partial charge in [0.2, 0.25) is 0 Å². The van der Waals surface area contributed by atoms with Crippen LogP contribution in [-0.4, -0.2) is 23.0 Å². The van der Waals surface area contributed by atoms with Crippen LogP contribution >= 0.6 is 12.2 Å². The molecule has 2 rings (SSSR count). The van der Waals surface area contributed by atoms with Crippen molar-refractivity contribution in [3.63, 3.8) is 0 Å². The Morgan fingerprint density at radius 2 is 2.17 bits per heavy atom. The van der Waals surface area contributed by atoms with Crippen LogP contribution in [0.1, 0.15) is 36.5 Å².